The SMILES string of the molecule is CC(=O)SC[C@](C)(F)C(=O)N1CCC[C@H]1C(=O)N[C@@H](Cc1ccccc1)C(=O)O. The van der Waals surface area contributed by atoms with Gasteiger partial charge in [0.25, 0.3) is 5.91 Å². The molecule has 1 saturated heterocycles. The first-order valence-electron chi connectivity index (χ1n) is 9.32. The molecule has 0 bridgehead atoms. The fourth-order valence-corrected chi connectivity index (χ4v) is 3.80. The van der Waals surface area contributed by atoms with E-state index in [1.165, 1.54) is 6.92 Å². The van der Waals surface area contributed by atoms with Crippen LogP contribution in [0.5, 0.6) is 0 Å². The number of nitrogens with zero attached hydrogens (tertiary/aromatic N) is 1. The van der Waals surface area contributed by atoms with Crippen molar-refractivity contribution in [1.29, 1.82) is 0 Å². The van der Waals surface area contributed by atoms with E-state index in [1.54, 1.807) is 30.3 Å². The van der Waals surface area contributed by atoms with Crippen molar-refractivity contribution in [1.82, 2.24) is 10.2 Å². The number of alkyl halides is 1. The lowest BCUT2D eigenvalue weighted by Gasteiger charge is -2.30. The van der Waals surface area contributed by atoms with Crippen LogP contribution in [0.1, 0.15) is 32.3 Å². The lowest BCUT2D eigenvalue weighted by molar-refractivity contribution is -0.147. The van der Waals surface area contributed by atoms with E-state index in [0.717, 1.165) is 17.4 Å². The quantitative estimate of drug-likeness (QED) is 0.660. The first kappa shape index (κ1) is 22.9. The zero-order valence-electron chi connectivity index (χ0n) is 16.4. The van der Waals surface area contributed by atoms with Crippen LogP contribution in [0.25, 0.3) is 0 Å². The van der Waals surface area contributed by atoms with Gasteiger partial charge in [-0.25, -0.2) is 9.18 Å². The second-order valence-electron chi connectivity index (χ2n) is 7.22. The third-order valence-corrected chi connectivity index (χ3v) is 5.80. The van der Waals surface area contributed by atoms with Gasteiger partial charge in [0.2, 0.25) is 5.91 Å². The predicted octanol–water partition coefficient (Wildman–Crippen LogP) is 1.80. The van der Waals surface area contributed by atoms with Crippen LogP contribution >= 0.6 is 11.8 Å². The zero-order chi connectivity index (χ0) is 21.6. The van der Waals surface area contributed by atoms with Crippen LogP contribution in [0, 0.1) is 0 Å². The summed E-state index contributed by atoms with van der Waals surface area (Å²) >= 11 is 0.711. The number of carboxylic acid groups (broad SMARTS) is 1. The number of carbonyl (C=O) groups excluding carboxylic acids is 3. The Balaban J connectivity index is 2.06. The molecule has 1 aromatic rings. The van der Waals surface area contributed by atoms with Crippen LogP contribution in [0.3, 0.4) is 0 Å². The van der Waals surface area contributed by atoms with E-state index in [9.17, 15) is 28.7 Å². The van der Waals surface area contributed by atoms with Crippen molar-refractivity contribution in [2.75, 3.05) is 12.3 Å². The summed E-state index contributed by atoms with van der Waals surface area (Å²) < 4.78 is 14.8. The fourth-order valence-electron chi connectivity index (χ4n) is 3.20. The van der Waals surface area contributed by atoms with E-state index in [0.29, 0.717) is 24.6 Å². The van der Waals surface area contributed by atoms with Gasteiger partial charge in [-0.15, -0.1) is 0 Å². The Kier molecular flexibility index (Phi) is 7.78. The molecule has 1 aliphatic heterocycles. The van der Waals surface area contributed by atoms with Gasteiger partial charge in [0.1, 0.15) is 12.1 Å². The molecule has 0 aromatic heterocycles. The molecule has 1 fully saturated rings. The van der Waals surface area contributed by atoms with E-state index in [1.807, 2.05) is 0 Å². The highest BCUT2D eigenvalue weighted by atomic mass is 32.2. The van der Waals surface area contributed by atoms with Crippen molar-refractivity contribution in [3.8, 4) is 0 Å². The lowest BCUT2D eigenvalue weighted by atomic mass is 10.0. The molecule has 7 nitrogen and oxygen atoms in total. The molecule has 1 heterocycles. The molecule has 1 aromatic carbocycles. The minimum absolute atomic E-state index is 0.0959. The minimum Gasteiger partial charge on any atom is -0.480 e. The average Bonchev–Trinajstić information content (AvgIpc) is 3.15. The molecule has 29 heavy (non-hydrogen) atoms. The van der Waals surface area contributed by atoms with Gasteiger partial charge in [0.15, 0.2) is 10.8 Å². The average molecular weight is 424 g/mol. The number of aliphatic carboxylic acids is 1. The third kappa shape index (κ3) is 6.28. The Morgan fingerprint density at radius 3 is 2.55 bits per heavy atom. The van der Waals surface area contributed by atoms with Crippen molar-refractivity contribution < 1.29 is 28.7 Å². The molecule has 0 aliphatic carbocycles. The van der Waals surface area contributed by atoms with E-state index >= 15 is 0 Å². The number of rotatable bonds is 8. The summed E-state index contributed by atoms with van der Waals surface area (Å²) in [6.07, 6.45) is 0.931. The second-order valence-corrected chi connectivity index (χ2v) is 8.38. The highest BCUT2D eigenvalue weighted by Crippen LogP contribution is 2.27. The summed E-state index contributed by atoms with van der Waals surface area (Å²) in [5.41, 5.74) is -1.55. The number of thioether (sulfide) groups is 1. The summed E-state index contributed by atoms with van der Waals surface area (Å²) in [5.74, 6) is -3.00. The zero-order valence-corrected chi connectivity index (χ0v) is 17.2. The monoisotopic (exact) mass is 424 g/mol. The van der Waals surface area contributed by atoms with E-state index in [4.69, 9.17) is 0 Å². The third-order valence-electron chi connectivity index (χ3n) is 4.71. The van der Waals surface area contributed by atoms with Gasteiger partial charge in [-0.05, 0) is 25.3 Å². The summed E-state index contributed by atoms with van der Waals surface area (Å²) in [6.45, 7) is 2.59. The number of carboxylic acids is 1. The maximum atomic E-state index is 14.8. The molecule has 2 amide bonds. The molecule has 1 aliphatic rings. The highest BCUT2D eigenvalue weighted by molar-refractivity contribution is 8.13. The maximum absolute atomic E-state index is 14.8. The molecule has 0 unspecified atom stereocenters. The van der Waals surface area contributed by atoms with Crippen LogP contribution < -0.4 is 5.32 Å². The van der Waals surface area contributed by atoms with Gasteiger partial charge in [-0.3, -0.25) is 14.4 Å². The Labute approximate surface area is 173 Å². The molecule has 9 heteroatoms. The van der Waals surface area contributed by atoms with Gasteiger partial charge in [0, 0.05) is 25.6 Å². The maximum Gasteiger partial charge on any atom is 0.326 e. The van der Waals surface area contributed by atoms with Crippen molar-refractivity contribution in [2.24, 2.45) is 0 Å². The number of halogens is 1. The number of hydrogen-bond donors (Lipinski definition) is 2. The second kappa shape index (κ2) is 9.87. The first-order valence-corrected chi connectivity index (χ1v) is 10.3. The first-order chi connectivity index (χ1) is 13.6. The van der Waals surface area contributed by atoms with Crippen molar-refractivity contribution in [2.45, 2.75) is 50.9 Å². The molecule has 2 N–H and O–H groups in total. The van der Waals surface area contributed by atoms with E-state index < -0.39 is 35.5 Å². The van der Waals surface area contributed by atoms with Crippen LogP contribution in [0.4, 0.5) is 4.39 Å². The molecule has 158 valence electrons. The van der Waals surface area contributed by atoms with Crippen LogP contribution in [-0.4, -0.2) is 63.0 Å². The number of nitrogens with one attached hydrogen (secondary N) is 1. The molecule has 0 saturated carbocycles. The van der Waals surface area contributed by atoms with Crippen molar-refractivity contribution in [3.05, 3.63) is 35.9 Å². The van der Waals surface area contributed by atoms with Crippen LogP contribution in [-0.2, 0) is 25.6 Å². The smallest absolute Gasteiger partial charge is 0.326 e. The minimum atomic E-state index is -2.30. The summed E-state index contributed by atoms with van der Waals surface area (Å²) in [6, 6.07) is 6.77. The van der Waals surface area contributed by atoms with E-state index in [-0.39, 0.29) is 23.8 Å². The van der Waals surface area contributed by atoms with Gasteiger partial charge < -0.3 is 15.3 Å². The molecule has 0 radical (unpaired) electrons. The van der Waals surface area contributed by atoms with Gasteiger partial charge in [-0.2, -0.15) is 0 Å². The van der Waals surface area contributed by atoms with Gasteiger partial charge in [0.05, 0.1) is 0 Å². The number of amides is 2. The Bertz CT molecular complexity index is 771. The topological polar surface area (TPSA) is 104 Å². The molecule has 2 rings (SSSR count). The van der Waals surface area contributed by atoms with Crippen molar-refractivity contribution in [3.63, 3.8) is 0 Å². The summed E-state index contributed by atoms with van der Waals surface area (Å²) in [7, 11) is 0. The van der Waals surface area contributed by atoms with Crippen molar-refractivity contribution >= 4 is 34.7 Å². The number of likely N-dealkylation sites (tertiary alicyclic amines) is 1. The number of hydrogen-bond acceptors (Lipinski definition) is 5. The normalized spacial score (nSPS) is 19.3. The van der Waals surface area contributed by atoms with Gasteiger partial charge in [-0.1, -0.05) is 42.1 Å². The lowest BCUT2D eigenvalue weighted by Crippen LogP contribution is -2.55. The molecular formula is C20H25FN2O5S. The predicted molar refractivity (Wildman–Crippen MR) is 107 cm³/mol. The Morgan fingerprint density at radius 2 is 1.97 bits per heavy atom. The summed E-state index contributed by atoms with van der Waals surface area (Å²) in [4.78, 5) is 49.2. The van der Waals surface area contributed by atoms with E-state index in [2.05, 4.69) is 5.32 Å². The molecular weight excluding hydrogens is 399 g/mol. The highest BCUT2D eigenvalue weighted by Gasteiger charge is 2.44. The number of benzene rings is 1. The molecule has 0 spiro atoms. The fraction of sp³-hybridized carbons (Fsp3) is 0.500. The summed E-state index contributed by atoms with van der Waals surface area (Å²) in [5, 5.41) is 11.6. The van der Waals surface area contributed by atoms with Crippen LogP contribution in [0.15, 0.2) is 30.3 Å². The molecule has 3 atom stereocenters. The van der Waals surface area contributed by atoms with Crippen LogP contribution in [0.2, 0.25) is 0 Å². The standard InChI is InChI=1S/C20H25FN2O5S/c1-13(24)29-12-20(2,21)19(28)23-10-6-9-16(23)17(25)22-15(18(26)27)11-14-7-4-3-5-8-14/h3-5,7-8,15-16H,6,9-12H2,1-2H3,(H,22,25)(H,26,27)/t15-,16-,20-/m0/s1. The largest absolute Gasteiger partial charge is 0.480 e. The Morgan fingerprint density at radius 1 is 1.31 bits per heavy atom. The van der Waals surface area contributed by atoms with Gasteiger partial charge >= 0.3 is 5.97 Å². The number of carbonyl (C=O) groups is 4. The Hall–Kier alpha value is -2.42.